The van der Waals surface area contributed by atoms with Gasteiger partial charge in [0, 0.05) is 37.6 Å². The normalized spacial score (nSPS) is 10.7. The van der Waals surface area contributed by atoms with E-state index in [0.29, 0.717) is 13.0 Å². The lowest BCUT2D eigenvalue weighted by Gasteiger charge is -2.06. The lowest BCUT2D eigenvalue weighted by atomic mass is 10.2. The van der Waals surface area contributed by atoms with Crippen LogP contribution in [-0.4, -0.2) is 16.3 Å². The molecule has 6 heteroatoms. The van der Waals surface area contributed by atoms with E-state index in [2.05, 4.69) is 10.4 Å². The Morgan fingerprint density at radius 3 is 2.44 bits per heavy atom. The van der Waals surface area contributed by atoms with Gasteiger partial charge in [0.2, 0.25) is 0 Å². The van der Waals surface area contributed by atoms with Crippen LogP contribution in [0, 0.1) is 17.5 Å². The second-order valence-corrected chi connectivity index (χ2v) is 3.95. The van der Waals surface area contributed by atoms with Crippen molar-refractivity contribution in [2.45, 2.75) is 6.42 Å². The molecule has 1 aromatic heterocycles. The molecule has 0 saturated carbocycles. The molecule has 0 aliphatic heterocycles. The monoisotopic (exact) mass is 255 g/mol. The molecule has 0 radical (unpaired) electrons. The van der Waals surface area contributed by atoms with E-state index in [9.17, 15) is 13.2 Å². The van der Waals surface area contributed by atoms with Crippen LogP contribution in [0.25, 0.3) is 0 Å². The number of hydrogen-bond donors (Lipinski definition) is 1. The molecular weight excluding hydrogens is 243 g/mol. The van der Waals surface area contributed by atoms with Gasteiger partial charge < -0.3 is 5.32 Å². The van der Waals surface area contributed by atoms with Gasteiger partial charge in [-0.25, -0.2) is 13.2 Å². The van der Waals surface area contributed by atoms with Crippen LogP contribution in [-0.2, 0) is 13.5 Å². The maximum Gasteiger partial charge on any atom is 0.194 e. The molecule has 0 fully saturated rings. The van der Waals surface area contributed by atoms with E-state index in [1.54, 1.807) is 10.9 Å². The maximum absolute atomic E-state index is 12.9. The van der Waals surface area contributed by atoms with E-state index in [0.717, 1.165) is 17.7 Å². The van der Waals surface area contributed by atoms with Gasteiger partial charge in [0.05, 0.1) is 6.20 Å². The Hall–Kier alpha value is -1.98. The summed E-state index contributed by atoms with van der Waals surface area (Å²) in [6.07, 6.45) is 4.23. The van der Waals surface area contributed by atoms with Crippen LogP contribution in [0.2, 0.25) is 0 Å². The van der Waals surface area contributed by atoms with Crippen LogP contribution < -0.4 is 5.32 Å². The van der Waals surface area contributed by atoms with E-state index in [-0.39, 0.29) is 5.69 Å². The molecule has 0 aliphatic carbocycles. The minimum absolute atomic E-state index is 0.218. The lowest BCUT2D eigenvalue weighted by molar-refractivity contribution is 0.447. The zero-order valence-electron chi connectivity index (χ0n) is 9.75. The van der Waals surface area contributed by atoms with Gasteiger partial charge in [-0.15, -0.1) is 0 Å². The maximum atomic E-state index is 12.9. The Morgan fingerprint density at radius 1 is 1.22 bits per heavy atom. The lowest BCUT2D eigenvalue weighted by Crippen LogP contribution is -2.06. The first-order valence-electron chi connectivity index (χ1n) is 5.42. The van der Waals surface area contributed by atoms with Crippen molar-refractivity contribution in [3.63, 3.8) is 0 Å². The van der Waals surface area contributed by atoms with Crippen LogP contribution in [0.5, 0.6) is 0 Å². The molecule has 1 aromatic carbocycles. The highest BCUT2D eigenvalue weighted by Crippen LogP contribution is 2.17. The third-order valence-electron chi connectivity index (χ3n) is 2.48. The third-order valence-corrected chi connectivity index (χ3v) is 2.48. The van der Waals surface area contributed by atoms with Crippen molar-refractivity contribution in [3.05, 3.63) is 47.5 Å². The first kappa shape index (κ1) is 12.5. The summed E-state index contributed by atoms with van der Waals surface area (Å²) in [5.74, 6) is -3.84. The quantitative estimate of drug-likeness (QED) is 0.851. The average Bonchev–Trinajstić information content (AvgIpc) is 2.72. The van der Waals surface area contributed by atoms with Gasteiger partial charge in [0.1, 0.15) is 0 Å². The van der Waals surface area contributed by atoms with Crippen LogP contribution >= 0.6 is 0 Å². The number of rotatable bonds is 4. The average molecular weight is 255 g/mol. The standard InChI is InChI=1S/C12H12F3N3/c1-18-7-8(6-17-18)2-3-16-9-4-10(13)12(15)11(14)5-9/h4-7,16H,2-3H2,1H3. The topological polar surface area (TPSA) is 29.9 Å². The number of anilines is 1. The largest absolute Gasteiger partial charge is 0.385 e. The summed E-state index contributed by atoms with van der Waals surface area (Å²) >= 11 is 0. The molecule has 2 aromatic rings. The second-order valence-electron chi connectivity index (χ2n) is 3.95. The SMILES string of the molecule is Cn1cc(CCNc2cc(F)c(F)c(F)c2)cn1. The molecule has 2 rings (SSSR count). The Bertz CT molecular complexity index is 528. The second kappa shape index (κ2) is 5.12. The molecule has 96 valence electrons. The zero-order valence-corrected chi connectivity index (χ0v) is 9.75. The van der Waals surface area contributed by atoms with Crippen molar-refractivity contribution in [2.75, 3.05) is 11.9 Å². The number of aryl methyl sites for hydroxylation is 1. The number of nitrogens with one attached hydrogen (secondary N) is 1. The Morgan fingerprint density at radius 2 is 1.89 bits per heavy atom. The van der Waals surface area contributed by atoms with E-state index < -0.39 is 17.5 Å². The molecule has 1 N–H and O–H groups in total. The number of halogens is 3. The summed E-state index contributed by atoms with van der Waals surface area (Å²) in [7, 11) is 1.81. The van der Waals surface area contributed by atoms with Gasteiger partial charge in [-0.3, -0.25) is 4.68 Å². The van der Waals surface area contributed by atoms with E-state index in [1.807, 2.05) is 13.2 Å². The molecule has 0 saturated heterocycles. The van der Waals surface area contributed by atoms with Crippen LogP contribution in [0.4, 0.5) is 18.9 Å². The molecule has 18 heavy (non-hydrogen) atoms. The summed E-state index contributed by atoms with van der Waals surface area (Å²) in [6.45, 7) is 0.482. The van der Waals surface area contributed by atoms with Crippen molar-refractivity contribution >= 4 is 5.69 Å². The van der Waals surface area contributed by atoms with Crippen LogP contribution in [0.15, 0.2) is 24.5 Å². The fourth-order valence-corrected chi connectivity index (χ4v) is 1.61. The van der Waals surface area contributed by atoms with Gasteiger partial charge in [0.25, 0.3) is 0 Å². The Kier molecular flexibility index (Phi) is 3.55. The van der Waals surface area contributed by atoms with Crippen LogP contribution in [0.3, 0.4) is 0 Å². The fourth-order valence-electron chi connectivity index (χ4n) is 1.61. The zero-order chi connectivity index (χ0) is 13.1. The van der Waals surface area contributed by atoms with Crippen molar-refractivity contribution in [2.24, 2.45) is 7.05 Å². The van der Waals surface area contributed by atoms with Crippen molar-refractivity contribution in [1.82, 2.24) is 9.78 Å². The van der Waals surface area contributed by atoms with Crippen molar-refractivity contribution in [3.8, 4) is 0 Å². The summed E-state index contributed by atoms with van der Waals surface area (Å²) in [4.78, 5) is 0. The predicted molar refractivity (Wildman–Crippen MR) is 61.7 cm³/mol. The summed E-state index contributed by atoms with van der Waals surface area (Å²) < 4.78 is 40.2. The van der Waals surface area contributed by atoms with Gasteiger partial charge in [-0.1, -0.05) is 0 Å². The van der Waals surface area contributed by atoms with Crippen molar-refractivity contribution < 1.29 is 13.2 Å². The molecule has 0 bridgehead atoms. The minimum Gasteiger partial charge on any atom is -0.385 e. The number of hydrogen-bond acceptors (Lipinski definition) is 2. The summed E-state index contributed by atoms with van der Waals surface area (Å²) in [5, 5.41) is 6.83. The van der Waals surface area contributed by atoms with Gasteiger partial charge in [-0.2, -0.15) is 5.10 Å². The number of nitrogens with zero attached hydrogens (tertiary/aromatic N) is 2. The number of aromatic nitrogens is 2. The summed E-state index contributed by atoms with van der Waals surface area (Å²) in [6, 6.07) is 1.86. The molecule has 0 atom stereocenters. The predicted octanol–water partition coefficient (Wildman–Crippen LogP) is 2.49. The molecular formula is C12H12F3N3. The van der Waals surface area contributed by atoms with E-state index >= 15 is 0 Å². The third kappa shape index (κ3) is 2.82. The van der Waals surface area contributed by atoms with E-state index in [4.69, 9.17) is 0 Å². The molecule has 1 heterocycles. The molecule has 0 aliphatic rings. The highest BCUT2D eigenvalue weighted by molar-refractivity contribution is 5.44. The first-order chi connectivity index (χ1) is 8.56. The van der Waals surface area contributed by atoms with Gasteiger partial charge in [-0.05, 0) is 12.0 Å². The summed E-state index contributed by atoms with van der Waals surface area (Å²) in [5.41, 5.74) is 1.23. The van der Waals surface area contributed by atoms with Gasteiger partial charge in [0.15, 0.2) is 17.5 Å². The first-order valence-corrected chi connectivity index (χ1v) is 5.42. The molecule has 0 unspecified atom stereocenters. The smallest absolute Gasteiger partial charge is 0.194 e. The minimum atomic E-state index is -1.45. The highest BCUT2D eigenvalue weighted by atomic mass is 19.2. The van der Waals surface area contributed by atoms with Gasteiger partial charge >= 0.3 is 0 Å². The Labute approximate surface area is 102 Å². The Balaban J connectivity index is 1.94. The molecule has 3 nitrogen and oxygen atoms in total. The van der Waals surface area contributed by atoms with E-state index in [1.165, 1.54) is 0 Å². The highest BCUT2D eigenvalue weighted by Gasteiger charge is 2.10. The number of benzene rings is 1. The fraction of sp³-hybridized carbons (Fsp3) is 0.250. The molecule has 0 spiro atoms. The van der Waals surface area contributed by atoms with Crippen molar-refractivity contribution in [1.29, 1.82) is 0 Å². The molecule has 0 amide bonds. The van der Waals surface area contributed by atoms with Crippen LogP contribution in [0.1, 0.15) is 5.56 Å².